The van der Waals surface area contributed by atoms with Crippen LogP contribution in [-0.2, 0) is 4.79 Å². The van der Waals surface area contributed by atoms with Gasteiger partial charge in [0.25, 0.3) is 5.91 Å². The summed E-state index contributed by atoms with van der Waals surface area (Å²) in [7, 11) is 0. The van der Waals surface area contributed by atoms with Crippen LogP contribution in [0.5, 0.6) is 5.75 Å². The Bertz CT molecular complexity index is 423. The van der Waals surface area contributed by atoms with Crippen LogP contribution in [0.1, 0.15) is 13.3 Å². The molecule has 0 saturated heterocycles. The predicted octanol–water partition coefficient (Wildman–Crippen LogP) is 2.34. The van der Waals surface area contributed by atoms with Crippen LogP contribution < -0.4 is 10.1 Å². The van der Waals surface area contributed by atoms with Gasteiger partial charge < -0.3 is 15.2 Å². The number of carbonyl (C=O) groups is 1. The molecule has 1 aromatic rings. The fourth-order valence-corrected chi connectivity index (χ4v) is 2.20. The fraction of sp³-hybridized carbons (Fsp3) is 0.500. The highest BCUT2D eigenvalue weighted by Gasteiger charge is 2.20. The van der Waals surface area contributed by atoms with Gasteiger partial charge in [-0.1, -0.05) is 11.6 Å². The molecule has 0 bridgehead atoms. The Morgan fingerprint density at radius 3 is 2.70 bits per heavy atom. The van der Waals surface area contributed by atoms with E-state index in [4.69, 9.17) is 16.3 Å². The Morgan fingerprint density at radius 1 is 1.45 bits per heavy atom. The average Bonchev–Trinajstić information content (AvgIpc) is 2.42. The highest BCUT2D eigenvalue weighted by atomic mass is 35.5. The zero-order chi connectivity index (χ0) is 15.0. The van der Waals surface area contributed by atoms with E-state index in [9.17, 15) is 9.90 Å². The first-order valence-corrected chi connectivity index (χ1v) is 8.06. The molecule has 4 nitrogen and oxygen atoms in total. The van der Waals surface area contributed by atoms with E-state index >= 15 is 0 Å². The van der Waals surface area contributed by atoms with Crippen LogP contribution in [0, 0.1) is 0 Å². The number of rotatable bonds is 8. The number of thioether (sulfide) groups is 1. The number of aliphatic hydroxyl groups is 1. The van der Waals surface area contributed by atoms with Crippen molar-refractivity contribution >= 4 is 29.3 Å². The molecule has 0 radical (unpaired) electrons. The number of carbonyl (C=O) groups excluding carboxylic acids is 1. The molecule has 1 aromatic carbocycles. The van der Waals surface area contributed by atoms with Gasteiger partial charge in [-0.2, -0.15) is 11.8 Å². The van der Waals surface area contributed by atoms with Gasteiger partial charge in [0.1, 0.15) is 5.75 Å². The van der Waals surface area contributed by atoms with Crippen molar-refractivity contribution in [2.24, 2.45) is 0 Å². The van der Waals surface area contributed by atoms with Crippen molar-refractivity contribution in [1.29, 1.82) is 0 Å². The van der Waals surface area contributed by atoms with Gasteiger partial charge in [0.05, 0.1) is 5.60 Å². The van der Waals surface area contributed by atoms with Crippen molar-refractivity contribution in [2.75, 3.05) is 25.2 Å². The summed E-state index contributed by atoms with van der Waals surface area (Å²) < 4.78 is 5.31. The van der Waals surface area contributed by atoms with E-state index in [1.54, 1.807) is 43.0 Å². The maximum absolute atomic E-state index is 11.6. The molecule has 1 rings (SSSR count). The van der Waals surface area contributed by atoms with E-state index in [0.717, 1.165) is 5.75 Å². The van der Waals surface area contributed by atoms with E-state index in [2.05, 4.69) is 5.32 Å². The van der Waals surface area contributed by atoms with Crippen molar-refractivity contribution in [3.63, 3.8) is 0 Å². The highest BCUT2D eigenvalue weighted by molar-refractivity contribution is 7.98. The van der Waals surface area contributed by atoms with E-state index in [1.807, 2.05) is 6.26 Å². The highest BCUT2D eigenvalue weighted by Crippen LogP contribution is 2.15. The summed E-state index contributed by atoms with van der Waals surface area (Å²) in [4.78, 5) is 11.6. The fourth-order valence-electron chi connectivity index (χ4n) is 1.43. The second kappa shape index (κ2) is 8.39. The van der Waals surface area contributed by atoms with E-state index < -0.39 is 5.60 Å². The third-order valence-electron chi connectivity index (χ3n) is 2.69. The molecule has 1 unspecified atom stereocenters. The standard InChI is InChI=1S/C14H20ClNO3S/c1-14(18,7-8-20-2)10-16-13(17)9-19-12-5-3-11(15)4-6-12/h3-6,18H,7-10H2,1-2H3,(H,16,17). The molecule has 1 amide bonds. The molecule has 0 aliphatic rings. The van der Waals surface area contributed by atoms with Gasteiger partial charge in [-0.25, -0.2) is 0 Å². The molecule has 2 N–H and O–H groups in total. The lowest BCUT2D eigenvalue weighted by molar-refractivity contribution is -0.124. The van der Waals surface area contributed by atoms with Crippen LogP contribution in [0.15, 0.2) is 24.3 Å². The van der Waals surface area contributed by atoms with Crippen molar-refractivity contribution in [2.45, 2.75) is 18.9 Å². The third kappa shape index (κ3) is 7.03. The van der Waals surface area contributed by atoms with Gasteiger partial charge in [0, 0.05) is 11.6 Å². The van der Waals surface area contributed by atoms with Crippen LogP contribution in [0.3, 0.4) is 0 Å². The molecule has 0 aromatic heterocycles. The van der Waals surface area contributed by atoms with Crippen molar-refractivity contribution in [3.8, 4) is 5.75 Å². The average molecular weight is 318 g/mol. The molecular weight excluding hydrogens is 298 g/mol. The van der Waals surface area contributed by atoms with E-state index in [1.165, 1.54) is 0 Å². The summed E-state index contributed by atoms with van der Waals surface area (Å²) >= 11 is 7.41. The molecular formula is C14H20ClNO3S. The van der Waals surface area contributed by atoms with Gasteiger partial charge in [0.2, 0.25) is 0 Å². The molecule has 0 heterocycles. The zero-order valence-corrected chi connectivity index (χ0v) is 13.3. The normalized spacial score (nSPS) is 13.6. The number of nitrogens with one attached hydrogen (secondary N) is 1. The minimum absolute atomic E-state index is 0.0831. The number of halogens is 1. The largest absolute Gasteiger partial charge is 0.484 e. The minimum Gasteiger partial charge on any atom is -0.484 e. The molecule has 6 heteroatoms. The first kappa shape index (κ1) is 17.1. The zero-order valence-electron chi connectivity index (χ0n) is 11.7. The summed E-state index contributed by atoms with van der Waals surface area (Å²) in [6.07, 6.45) is 2.61. The minimum atomic E-state index is -0.890. The van der Waals surface area contributed by atoms with Crippen LogP contribution in [0.2, 0.25) is 5.02 Å². The maximum Gasteiger partial charge on any atom is 0.258 e. The number of hydrogen-bond donors (Lipinski definition) is 2. The Hall–Kier alpha value is -0.910. The lowest BCUT2D eigenvalue weighted by Gasteiger charge is -2.23. The smallest absolute Gasteiger partial charge is 0.258 e. The Labute approximate surface area is 128 Å². The molecule has 0 saturated carbocycles. The molecule has 112 valence electrons. The molecule has 20 heavy (non-hydrogen) atoms. The second-order valence-electron chi connectivity index (χ2n) is 4.76. The molecule has 1 atom stereocenters. The predicted molar refractivity (Wildman–Crippen MR) is 83.6 cm³/mol. The lowest BCUT2D eigenvalue weighted by Crippen LogP contribution is -2.42. The number of amides is 1. The van der Waals surface area contributed by atoms with Crippen molar-refractivity contribution in [3.05, 3.63) is 29.3 Å². The molecule has 0 spiro atoms. The number of ether oxygens (including phenoxy) is 1. The Kier molecular flexibility index (Phi) is 7.19. The van der Waals surface area contributed by atoms with Gasteiger partial charge in [-0.15, -0.1) is 0 Å². The molecule has 0 aliphatic carbocycles. The van der Waals surface area contributed by atoms with Gasteiger partial charge in [-0.3, -0.25) is 4.79 Å². The SMILES string of the molecule is CSCCC(C)(O)CNC(=O)COc1ccc(Cl)cc1. The number of hydrogen-bond acceptors (Lipinski definition) is 4. The first-order chi connectivity index (χ1) is 9.43. The topological polar surface area (TPSA) is 58.6 Å². The first-order valence-electron chi connectivity index (χ1n) is 6.29. The third-order valence-corrected chi connectivity index (χ3v) is 3.56. The summed E-state index contributed by atoms with van der Waals surface area (Å²) in [5.41, 5.74) is -0.890. The lowest BCUT2D eigenvalue weighted by atomic mass is 10.0. The Morgan fingerprint density at radius 2 is 2.10 bits per heavy atom. The van der Waals surface area contributed by atoms with Crippen LogP contribution >= 0.6 is 23.4 Å². The van der Waals surface area contributed by atoms with Crippen molar-refractivity contribution in [1.82, 2.24) is 5.32 Å². The maximum atomic E-state index is 11.6. The summed E-state index contributed by atoms with van der Waals surface area (Å²) in [6, 6.07) is 6.79. The van der Waals surface area contributed by atoms with Crippen molar-refractivity contribution < 1.29 is 14.6 Å². The van der Waals surface area contributed by atoms with E-state index in [0.29, 0.717) is 17.2 Å². The van der Waals surface area contributed by atoms with Crippen LogP contribution in [0.4, 0.5) is 0 Å². The monoisotopic (exact) mass is 317 g/mol. The molecule has 0 fully saturated rings. The summed E-state index contributed by atoms with van der Waals surface area (Å²) in [5.74, 6) is 1.17. The number of benzene rings is 1. The summed E-state index contributed by atoms with van der Waals surface area (Å²) in [6.45, 7) is 1.85. The summed E-state index contributed by atoms with van der Waals surface area (Å²) in [5, 5.41) is 13.3. The molecule has 0 aliphatic heterocycles. The quantitative estimate of drug-likeness (QED) is 0.772. The Balaban J connectivity index is 2.28. The van der Waals surface area contributed by atoms with Gasteiger partial charge in [-0.05, 0) is 49.6 Å². The van der Waals surface area contributed by atoms with E-state index in [-0.39, 0.29) is 19.1 Å². The second-order valence-corrected chi connectivity index (χ2v) is 6.18. The van der Waals surface area contributed by atoms with Crippen LogP contribution in [0.25, 0.3) is 0 Å². The van der Waals surface area contributed by atoms with Gasteiger partial charge >= 0.3 is 0 Å². The van der Waals surface area contributed by atoms with Gasteiger partial charge in [0.15, 0.2) is 6.61 Å². The van der Waals surface area contributed by atoms with Crippen LogP contribution in [-0.4, -0.2) is 41.8 Å².